The molecule has 1 aromatic heterocycles. The molecule has 1 aromatic carbocycles. The summed E-state index contributed by atoms with van der Waals surface area (Å²) in [5, 5.41) is 9.24. The third kappa shape index (κ3) is 5.68. The zero-order valence-electron chi connectivity index (χ0n) is 17.8. The molecular formula is C22H30N4O4. The van der Waals surface area contributed by atoms with E-state index in [0.29, 0.717) is 38.0 Å². The summed E-state index contributed by atoms with van der Waals surface area (Å²) in [5.41, 5.74) is 2.16. The van der Waals surface area contributed by atoms with Crippen molar-refractivity contribution >= 4 is 11.9 Å². The van der Waals surface area contributed by atoms with Gasteiger partial charge in [-0.05, 0) is 45.0 Å². The molecule has 0 bridgehead atoms. The highest BCUT2D eigenvalue weighted by molar-refractivity contribution is 5.91. The molecule has 8 heteroatoms. The number of rotatable bonds is 9. The van der Waals surface area contributed by atoms with Crippen LogP contribution in [0.3, 0.4) is 0 Å². The normalized spacial score (nSPS) is 15.3. The molecule has 1 atom stereocenters. The predicted molar refractivity (Wildman–Crippen MR) is 115 cm³/mol. The van der Waals surface area contributed by atoms with Gasteiger partial charge in [0.05, 0.1) is 19.4 Å². The van der Waals surface area contributed by atoms with Gasteiger partial charge in [0.25, 0.3) is 5.91 Å². The van der Waals surface area contributed by atoms with Crippen molar-refractivity contribution in [3.63, 3.8) is 0 Å². The molecule has 0 saturated carbocycles. The molecule has 0 radical (unpaired) electrons. The van der Waals surface area contributed by atoms with E-state index < -0.39 is 0 Å². The molecule has 0 spiro atoms. The first-order valence-electron chi connectivity index (χ1n) is 10.4. The Morgan fingerprint density at radius 3 is 2.80 bits per heavy atom. The average Bonchev–Trinajstić information content (AvgIpc) is 3.38. The number of aliphatic imine (C=N–C) groups is 1. The largest absolute Gasteiger partial charge is 0.494 e. The summed E-state index contributed by atoms with van der Waals surface area (Å²) in [6.45, 7) is 8.80. The third-order valence-electron chi connectivity index (χ3n) is 4.58. The monoisotopic (exact) mass is 414 g/mol. The van der Waals surface area contributed by atoms with Crippen molar-refractivity contribution in [1.82, 2.24) is 16.0 Å². The van der Waals surface area contributed by atoms with Gasteiger partial charge in [-0.2, -0.15) is 0 Å². The van der Waals surface area contributed by atoms with E-state index in [2.05, 4.69) is 33.9 Å². The molecule has 162 valence electrons. The molecule has 0 aliphatic carbocycles. The number of nitrogens with one attached hydrogen (secondary N) is 3. The minimum Gasteiger partial charge on any atom is -0.494 e. The van der Waals surface area contributed by atoms with Gasteiger partial charge in [0, 0.05) is 37.2 Å². The van der Waals surface area contributed by atoms with Crippen molar-refractivity contribution in [3.05, 3.63) is 47.4 Å². The highest BCUT2D eigenvalue weighted by Gasteiger charge is 2.21. The van der Waals surface area contributed by atoms with Crippen molar-refractivity contribution in [2.75, 3.05) is 26.2 Å². The summed E-state index contributed by atoms with van der Waals surface area (Å²) in [6.07, 6.45) is 2.56. The number of fused-ring (bicyclic) bond motifs is 1. The fourth-order valence-corrected chi connectivity index (χ4v) is 3.25. The van der Waals surface area contributed by atoms with Gasteiger partial charge in [-0.3, -0.25) is 4.79 Å². The van der Waals surface area contributed by atoms with Crippen LogP contribution in [0.1, 0.15) is 42.5 Å². The molecule has 3 N–H and O–H groups in total. The van der Waals surface area contributed by atoms with Gasteiger partial charge in [0.2, 0.25) is 0 Å². The number of carbonyl (C=O) groups excluding carboxylic acids is 1. The number of hydrogen-bond acceptors (Lipinski definition) is 5. The van der Waals surface area contributed by atoms with Crippen molar-refractivity contribution in [2.45, 2.75) is 39.8 Å². The first-order valence-corrected chi connectivity index (χ1v) is 10.4. The Bertz CT molecular complexity index is 864. The van der Waals surface area contributed by atoms with Gasteiger partial charge in [0.15, 0.2) is 11.7 Å². The fraction of sp³-hybridized carbons (Fsp3) is 0.455. The number of ether oxygens (including phenoxy) is 2. The van der Waals surface area contributed by atoms with Gasteiger partial charge in [-0.25, -0.2) is 4.99 Å². The number of guanidine groups is 1. The third-order valence-corrected chi connectivity index (χ3v) is 4.58. The fourth-order valence-electron chi connectivity index (χ4n) is 3.25. The van der Waals surface area contributed by atoms with Gasteiger partial charge in [-0.15, -0.1) is 0 Å². The molecule has 2 aromatic rings. The Morgan fingerprint density at radius 2 is 2.07 bits per heavy atom. The van der Waals surface area contributed by atoms with Crippen LogP contribution in [0.25, 0.3) is 0 Å². The summed E-state index contributed by atoms with van der Waals surface area (Å²) in [6, 6.07) is 7.41. The molecule has 2 heterocycles. The molecule has 1 unspecified atom stereocenters. The lowest BCUT2D eigenvalue weighted by Gasteiger charge is -2.14. The van der Waals surface area contributed by atoms with Crippen LogP contribution in [0.4, 0.5) is 0 Å². The number of hydrogen-bond donors (Lipinski definition) is 3. The summed E-state index contributed by atoms with van der Waals surface area (Å²) in [4.78, 5) is 16.6. The second-order valence-electron chi connectivity index (χ2n) is 6.99. The summed E-state index contributed by atoms with van der Waals surface area (Å²) < 4.78 is 16.8. The van der Waals surface area contributed by atoms with Crippen LogP contribution in [0.2, 0.25) is 0 Å². The van der Waals surface area contributed by atoms with E-state index in [0.717, 1.165) is 30.0 Å². The molecule has 0 saturated heterocycles. The molecule has 1 amide bonds. The Labute approximate surface area is 177 Å². The van der Waals surface area contributed by atoms with Crippen molar-refractivity contribution < 1.29 is 18.7 Å². The lowest BCUT2D eigenvalue weighted by Crippen LogP contribution is -2.41. The van der Waals surface area contributed by atoms with Gasteiger partial charge >= 0.3 is 0 Å². The van der Waals surface area contributed by atoms with Crippen LogP contribution in [0, 0.1) is 0 Å². The molecule has 1 aliphatic heterocycles. The number of amides is 1. The van der Waals surface area contributed by atoms with Gasteiger partial charge in [0.1, 0.15) is 17.6 Å². The molecular weight excluding hydrogens is 384 g/mol. The second kappa shape index (κ2) is 10.6. The molecule has 1 aliphatic rings. The van der Waals surface area contributed by atoms with E-state index >= 15 is 0 Å². The first kappa shape index (κ1) is 21.5. The summed E-state index contributed by atoms with van der Waals surface area (Å²) in [7, 11) is 0. The summed E-state index contributed by atoms with van der Waals surface area (Å²) in [5.74, 6) is 2.49. The lowest BCUT2D eigenvalue weighted by molar-refractivity contribution is 0.0926. The number of furan rings is 1. The maximum Gasteiger partial charge on any atom is 0.287 e. The van der Waals surface area contributed by atoms with Crippen LogP contribution < -0.4 is 25.4 Å². The lowest BCUT2D eigenvalue weighted by atomic mass is 10.1. The smallest absolute Gasteiger partial charge is 0.287 e. The zero-order valence-corrected chi connectivity index (χ0v) is 17.8. The average molecular weight is 415 g/mol. The Balaban J connectivity index is 1.58. The maximum absolute atomic E-state index is 11.9. The van der Waals surface area contributed by atoms with Crippen molar-refractivity contribution in [1.29, 1.82) is 0 Å². The zero-order chi connectivity index (χ0) is 21.3. The second-order valence-corrected chi connectivity index (χ2v) is 6.99. The standard InChI is InChI=1S/C22H30N4O4/c1-4-23-22(25-9-8-24-21(27)18-7-6-10-29-18)26-14-17-13-20-16(11-15(3)30-20)12-19(17)28-5-2/h6-7,10,12-13,15H,4-5,8-9,11,14H2,1-3H3,(H,24,27)(H2,23,25,26). The van der Waals surface area contributed by atoms with Crippen LogP contribution in [0.15, 0.2) is 39.9 Å². The highest BCUT2D eigenvalue weighted by atomic mass is 16.5. The number of nitrogens with zero attached hydrogens (tertiary/aromatic N) is 1. The maximum atomic E-state index is 11.9. The quantitative estimate of drug-likeness (QED) is 0.331. The van der Waals surface area contributed by atoms with E-state index in [1.54, 1.807) is 12.1 Å². The van der Waals surface area contributed by atoms with Crippen molar-refractivity contribution in [2.24, 2.45) is 4.99 Å². The van der Waals surface area contributed by atoms with E-state index in [4.69, 9.17) is 13.9 Å². The van der Waals surface area contributed by atoms with E-state index in [1.807, 2.05) is 19.9 Å². The number of carbonyl (C=O) groups is 1. The van der Waals surface area contributed by atoms with E-state index in [-0.39, 0.29) is 12.0 Å². The van der Waals surface area contributed by atoms with Crippen LogP contribution >= 0.6 is 0 Å². The molecule has 30 heavy (non-hydrogen) atoms. The molecule has 8 nitrogen and oxygen atoms in total. The Morgan fingerprint density at radius 1 is 1.23 bits per heavy atom. The van der Waals surface area contributed by atoms with E-state index in [9.17, 15) is 4.79 Å². The molecule has 3 rings (SSSR count). The number of benzene rings is 1. The topological polar surface area (TPSA) is 97.1 Å². The van der Waals surface area contributed by atoms with Crippen LogP contribution in [0.5, 0.6) is 11.5 Å². The Hall–Kier alpha value is -3.16. The van der Waals surface area contributed by atoms with Crippen LogP contribution in [-0.2, 0) is 13.0 Å². The first-order chi connectivity index (χ1) is 14.6. The predicted octanol–water partition coefficient (Wildman–Crippen LogP) is 2.49. The Kier molecular flexibility index (Phi) is 7.59. The van der Waals surface area contributed by atoms with Crippen LogP contribution in [-0.4, -0.2) is 44.2 Å². The SMILES string of the molecule is CCNC(=NCc1cc2c(cc1OCC)CC(C)O2)NCCNC(=O)c1ccco1. The minimum absolute atomic E-state index is 0.184. The van der Waals surface area contributed by atoms with Gasteiger partial charge < -0.3 is 29.8 Å². The van der Waals surface area contributed by atoms with Crippen molar-refractivity contribution in [3.8, 4) is 11.5 Å². The van der Waals surface area contributed by atoms with E-state index in [1.165, 1.54) is 11.8 Å². The summed E-state index contributed by atoms with van der Waals surface area (Å²) >= 11 is 0. The molecule has 0 fully saturated rings. The van der Waals surface area contributed by atoms with Gasteiger partial charge in [-0.1, -0.05) is 0 Å². The minimum atomic E-state index is -0.238. The highest BCUT2D eigenvalue weighted by Crippen LogP contribution is 2.35.